The van der Waals surface area contributed by atoms with Gasteiger partial charge in [0.2, 0.25) is 0 Å². The van der Waals surface area contributed by atoms with Gasteiger partial charge in [0, 0.05) is 23.5 Å². The molecule has 1 aliphatic heterocycles. The van der Waals surface area contributed by atoms with Crippen LogP contribution in [0.5, 0.6) is 0 Å². The summed E-state index contributed by atoms with van der Waals surface area (Å²) in [6.45, 7) is 0.165. The number of halogens is 2. The largest absolute Gasteiger partial charge is 0.334 e. The number of aromatic nitrogens is 2. The first kappa shape index (κ1) is 17.0. The molecular weight excluding hydrogens is 381 g/mol. The summed E-state index contributed by atoms with van der Waals surface area (Å²) in [5, 5.41) is 6.85. The molecule has 4 rings (SSSR count). The normalized spacial score (nSPS) is 15.2. The highest BCUT2D eigenvalue weighted by molar-refractivity contribution is 7.92. The van der Waals surface area contributed by atoms with Gasteiger partial charge < -0.3 is 4.90 Å². The van der Waals surface area contributed by atoms with E-state index in [4.69, 9.17) is 11.6 Å². The summed E-state index contributed by atoms with van der Waals surface area (Å²) in [5.74, 6) is -0.816. The highest BCUT2D eigenvalue weighted by Crippen LogP contribution is 2.27. The number of nitrogens with one attached hydrogen (secondary N) is 1. The third-order valence-electron chi connectivity index (χ3n) is 4.44. The highest BCUT2D eigenvalue weighted by atomic mass is 35.5. The molecule has 1 aromatic heterocycles. The van der Waals surface area contributed by atoms with E-state index in [9.17, 15) is 17.6 Å². The molecule has 6 nitrogen and oxygen atoms in total. The second-order valence-corrected chi connectivity index (χ2v) is 8.76. The van der Waals surface area contributed by atoms with Crippen molar-refractivity contribution in [3.8, 4) is 0 Å². The van der Waals surface area contributed by atoms with Gasteiger partial charge in [-0.3, -0.25) is 9.89 Å². The van der Waals surface area contributed by atoms with Crippen LogP contribution in [0.1, 0.15) is 10.5 Å². The lowest BCUT2D eigenvalue weighted by atomic mass is 10.1. The van der Waals surface area contributed by atoms with E-state index in [1.165, 1.54) is 47.4 Å². The minimum Gasteiger partial charge on any atom is -0.334 e. The summed E-state index contributed by atoms with van der Waals surface area (Å²) in [6, 6.07) is 9.93. The fourth-order valence-electron chi connectivity index (χ4n) is 2.92. The lowest BCUT2D eigenvalue weighted by Gasteiger charge is -2.38. The molecule has 1 amide bonds. The maximum atomic E-state index is 13.2. The summed E-state index contributed by atoms with van der Waals surface area (Å²) < 4.78 is 38.4. The Hall–Kier alpha value is -2.45. The molecule has 0 aliphatic carbocycles. The van der Waals surface area contributed by atoms with Crippen molar-refractivity contribution in [1.29, 1.82) is 0 Å². The molecule has 2 heterocycles. The molecule has 9 heteroatoms. The summed E-state index contributed by atoms with van der Waals surface area (Å²) in [5.41, 5.74) is 0.571. The molecular formula is C17H13ClFN3O3S. The molecule has 0 bridgehead atoms. The lowest BCUT2D eigenvalue weighted by molar-refractivity contribution is 0.0654. The molecule has 1 N–H and O–H groups in total. The van der Waals surface area contributed by atoms with Crippen molar-refractivity contribution in [2.24, 2.45) is 0 Å². The first-order valence-electron chi connectivity index (χ1n) is 7.78. The Balaban J connectivity index is 1.52. The smallest absolute Gasteiger partial charge is 0.275 e. The molecule has 0 atom stereocenters. The van der Waals surface area contributed by atoms with Gasteiger partial charge in [0.25, 0.3) is 5.91 Å². The van der Waals surface area contributed by atoms with E-state index < -0.39 is 20.9 Å². The Morgan fingerprint density at radius 1 is 1.19 bits per heavy atom. The quantitative estimate of drug-likeness (QED) is 0.741. The number of carbonyl (C=O) groups is 1. The molecule has 1 fully saturated rings. The van der Waals surface area contributed by atoms with Crippen LogP contribution in [0, 0.1) is 5.82 Å². The van der Waals surface area contributed by atoms with Gasteiger partial charge in [-0.1, -0.05) is 11.6 Å². The number of likely N-dealkylation sites (tertiary alicyclic amines) is 1. The van der Waals surface area contributed by atoms with Crippen LogP contribution in [0.3, 0.4) is 0 Å². The second kappa shape index (κ2) is 6.07. The molecule has 1 saturated heterocycles. The SMILES string of the molecule is O=C(c1n[nH]c2cc(F)ccc12)N1CC(S(=O)(=O)c2ccc(Cl)cc2)C1. The van der Waals surface area contributed by atoms with Gasteiger partial charge in [0.1, 0.15) is 11.1 Å². The number of hydrogen-bond donors (Lipinski definition) is 1. The van der Waals surface area contributed by atoms with Gasteiger partial charge >= 0.3 is 0 Å². The van der Waals surface area contributed by atoms with Crippen LogP contribution in [0.15, 0.2) is 47.4 Å². The number of nitrogens with zero attached hydrogens (tertiary/aromatic N) is 2. The average molecular weight is 394 g/mol. The molecule has 134 valence electrons. The predicted octanol–water partition coefficient (Wildman–Crippen LogP) is 2.65. The zero-order valence-corrected chi connectivity index (χ0v) is 14.9. The Bertz CT molecular complexity index is 1110. The lowest BCUT2D eigenvalue weighted by Crippen LogP contribution is -2.56. The molecule has 0 unspecified atom stereocenters. The third kappa shape index (κ3) is 2.75. The van der Waals surface area contributed by atoms with E-state index in [-0.39, 0.29) is 29.6 Å². The van der Waals surface area contributed by atoms with Gasteiger partial charge in [0.15, 0.2) is 15.5 Å². The standard InChI is InChI=1S/C17H13ClFN3O3S/c18-10-1-4-12(5-2-10)26(24,25)13-8-22(9-13)17(23)16-14-6-3-11(19)7-15(14)20-21-16/h1-7,13H,8-9H2,(H,20,21). The summed E-state index contributed by atoms with van der Waals surface area (Å²) in [4.78, 5) is 14.2. The topological polar surface area (TPSA) is 83.1 Å². The summed E-state index contributed by atoms with van der Waals surface area (Å²) >= 11 is 5.79. The van der Waals surface area contributed by atoms with Crippen LogP contribution in [0.4, 0.5) is 4.39 Å². The van der Waals surface area contributed by atoms with Gasteiger partial charge in [-0.2, -0.15) is 5.10 Å². The van der Waals surface area contributed by atoms with Crippen molar-refractivity contribution in [1.82, 2.24) is 15.1 Å². The number of hydrogen-bond acceptors (Lipinski definition) is 4. The average Bonchev–Trinajstić information content (AvgIpc) is 2.96. The maximum absolute atomic E-state index is 13.2. The Morgan fingerprint density at radius 2 is 1.88 bits per heavy atom. The van der Waals surface area contributed by atoms with Crippen LogP contribution in [-0.4, -0.2) is 47.8 Å². The zero-order chi connectivity index (χ0) is 18.5. The van der Waals surface area contributed by atoms with E-state index in [2.05, 4.69) is 10.2 Å². The van der Waals surface area contributed by atoms with Crippen molar-refractivity contribution >= 4 is 38.2 Å². The maximum Gasteiger partial charge on any atom is 0.275 e. The number of benzene rings is 2. The van der Waals surface area contributed by atoms with Crippen LogP contribution >= 0.6 is 11.6 Å². The van der Waals surface area contributed by atoms with Gasteiger partial charge in [-0.15, -0.1) is 0 Å². The second-order valence-electron chi connectivity index (χ2n) is 6.09. The number of carbonyl (C=O) groups excluding carboxylic acids is 1. The number of fused-ring (bicyclic) bond motifs is 1. The van der Waals surface area contributed by atoms with E-state index >= 15 is 0 Å². The van der Waals surface area contributed by atoms with Gasteiger partial charge in [-0.05, 0) is 42.5 Å². The van der Waals surface area contributed by atoms with Crippen LogP contribution < -0.4 is 0 Å². The van der Waals surface area contributed by atoms with E-state index in [1.54, 1.807) is 0 Å². The summed E-state index contributed by atoms with van der Waals surface area (Å²) in [7, 11) is -3.53. The summed E-state index contributed by atoms with van der Waals surface area (Å²) in [6.07, 6.45) is 0. The monoisotopic (exact) mass is 393 g/mol. The fraction of sp³-hybridized carbons (Fsp3) is 0.176. The highest BCUT2D eigenvalue weighted by Gasteiger charge is 2.41. The molecule has 0 radical (unpaired) electrons. The number of amides is 1. The Morgan fingerprint density at radius 3 is 2.58 bits per heavy atom. The predicted molar refractivity (Wildman–Crippen MR) is 94.4 cm³/mol. The van der Waals surface area contributed by atoms with Crippen molar-refractivity contribution < 1.29 is 17.6 Å². The first-order chi connectivity index (χ1) is 12.4. The third-order valence-corrected chi connectivity index (χ3v) is 6.80. The fourth-order valence-corrected chi connectivity index (χ4v) is 4.70. The number of sulfone groups is 1. The minimum atomic E-state index is -3.53. The Kier molecular flexibility index (Phi) is 3.96. The van der Waals surface area contributed by atoms with Crippen molar-refractivity contribution in [2.45, 2.75) is 10.1 Å². The van der Waals surface area contributed by atoms with E-state index in [0.29, 0.717) is 15.9 Å². The zero-order valence-electron chi connectivity index (χ0n) is 13.3. The first-order valence-corrected chi connectivity index (χ1v) is 9.71. The molecule has 26 heavy (non-hydrogen) atoms. The van der Waals surface area contributed by atoms with Crippen LogP contribution in [0.25, 0.3) is 10.9 Å². The van der Waals surface area contributed by atoms with Crippen molar-refractivity contribution in [3.05, 3.63) is 59.0 Å². The molecule has 0 saturated carbocycles. The molecule has 3 aromatic rings. The number of rotatable bonds is 3. The van der Waals surface area contributed by atoms with Gasteiger partial charge in [0.05, 0.1) is 10.4 Å². The Labute approximate surface area is 153 Å². The molecule has 1 aliphatic rings. The molecule has 0 spiro atoms. The number of aromatic amines is 1. The van der Waals surface area contributed by atoms with Crippen molar-refractivity contribution in [3.63, 3.8) is 0 Å². The minimum absolute atomic E-state index is 0.0827. The van der Waals surface area contributed by atoms with E-state index in [0.717, 1.165) is 0 Å². The van der Waals surface area contributed by atoms with E-state index in [1.807, 2.05) is 0 Å². The van der Waals surface area contributed by atoms with Crippen LogP contribution in [-0.2, 0) is 9.84 Å². The van der Waals surface area contributed by atoms with Gasteiger partial charge in [-0.25, -0.2) is 12.8 Å². The molecule has 2 aromatic carbocycles. The van der Waals surface area contributed by atoms with Crippen molar-refractivity contribution in [2.75, 3.05) is 13.1 Å². The number of H-pyrrole nitrogens is 1. The van der Waals surface area contributed by atoms with Crippen LogP contribution in [0.2, 0.25) is 5.02 Å².